The molecule has 0 atom stereocenters. The summed E-state index contributed by atoms with van der Waals surface area (Å²) in [6.07, 6.45) is 4.59. The van der Waals surface area contributed by atoms with Gasteiger partial charge in [0.2, 0.25) is 0 Å². The van der Waals surface area contributed by atoms with E-state index in [1.165, 1.54) is 12.8 Å². The molecule has 0 aromatic rings. The summed E-state index contributed by atoms with van der Waals surface area (Å²) in [6.45, 7) is 2.12. The van der Waals surface area contributed by atoms with Gasteiger partial charge in [-0.15, -0.1) is 0 Å². The molecule has 0 saturated heterocycles. The third-order valence-corrected chi connectivity index (χ3v) is 1.40. The molecule has 52 valence electrons. The van der Waals surface area contributed by atoms with Gasteiger partial charge >= 0.3 is 0 Å². The average molecular weight is 126 g/mol. The summed E-state index contributed by atoms with van der Waals surface area (Å²) >= 11 is 0. The minimum atomic E-state index is 0.594. The molecule has 0 heterocycles. The Bertz CT molecular complexity index is 114. The van der Waals surface area contributed by atoms with E-state index >= 15 is 0 Å². The van der Waals surface area contributed by atoms with Crippen LogP contribution in [0, 0.1) is 0 Å². The SMILES string of the molecule is CCCC(N)=NC1CC1. The first-order valence-electron chi connectivity index (χ1n) is 3.65. The summed E-state index contributed by atoms with van der Waals surface area (Å²) in [7, 11) is 0. The van der Waals surface area contributed by atoms with Gasteiger partial charge in [0, 0.05) is 6.42 Å². The van der Waals surface area contributed by atoms with Crippen LogP contribution in [0.2, 0.25) is 0 Å². The normalized spacial score (nSPS) is 20.3. The largest absolute Gasteiger partial charge is 0.387 e. The van der Waals surface area contributed by atoms with Gasteiger partial charge in [-0.2, -0.15) is 0 Å². The Morgan fingerprint density at radius 1 is 1.67 bits per heavy atom. The predicted molar refractivity (Wildman–Crippen MR) is 39.6 cm³/mol. The van der Waals surface area contributed by atoms with E-state index in [9.17, 15) is 0 Å². The van der Waals surface area contributed by atoms with Crippen molar-refractivity contribution in [1.82, 2.24) is 0 Å². The lowest BCUT2D eigenvalue weighted by Gasteiger charge is -1.94. The van der Waals surface area contributed by atoms with E-state index in [-0.39, 0.29) is 0 Å². The summed E-state index contributed by atoms with van der Waals surface area (Å²) < 4.78 is 0. The molecule has 0 amide bonds. The van der Waals surface area contributed by atoms with E-state index in [1.807, 2.05) is 0 Å². The molecule has 1 fully saturated rings. The first-order chi connectivity index (χ1) is 4.33. The van der Waals surface area contributed by atoms with Crippen LogP contribution in [0.5, 0.6) is 0 Å². The quantitative estimate of drug-likeness (QED) is 0.449. The van der Waals surface area contributed by atoms with Gasteiger partial charge in [0.15, 0.2) is 0 Å². The minimum Gasteiger partial charge on any atom is -0.387 e. The second-order valence-electron chi connectivity index (χ2n) is 2.60. The Labute approximate surface area is 56.2 Å². The molecule has 2 N–H and O–H groups in total. The van der Waals surface area contributed by atoms with Crippen LogP contribution in [-0.2, 0) is 0 Å². The highest BCUT2D eigenvalue weighted by Crippen LogP contribution is 2.23. The molecule has 0 bridgehead atoms. The second-order valence-corrected chi connectivity index (χ2v) is 2.60. The van der Waals surface area contributed by atoms with E-state index in [0.29, 0.717) is 6.04 Å². The molecule has 1 saturated carbocycles. The number of nitrogens with zero attached hydrogens (tertiary/aromatic N) is 1. The van der Waals surface area contributed by atoms with Gasteiger partial charge < -0.3 is 5.73 Å². The smallest absolute Gasteiger partial charge is 0.0940 e. The molecular weight excluding hydrogens is 112 g/mol. The number of hydrogen-bond acceptors (Lipinski definition) is 1. The zero-order chi connectivity index (χ0) is 6.69. The number of hydrogen-bond donors (Lipinski definition) is 1. The monoisotopic (exact) mass is 126 g/mol. The second kappa shape index (κ2) is 2.85. The van der Waals surface area contributed by atoms with Crippen LogP contribution < -0.4 is 5.73 Å². The lowest BCUT2D eigenvalue weighted by Crippen LogP contribution is -2.11. The summed E-state index contributed by atoms with van der Waals surface area (Å²) in [5.74, 6) is 0.847. The molecule has 0 radical (unpaired) electrons. The van der Waals surface area contributed by atoms with Crippen molar-refractivity contribution in [2.45, 2.75) is 38.6 Å². The fourth-order valence-corrected chi connectivity index (χ4v) is 0.759. The van der Waals surface area contributed by atoms with Gasteiger partial charge in [-0.05, 0) is 19.3 Å². The van der Waals surface area contributed by atoms with Gasteiger partial charge in [0.05, 0.1) is 11.9 Å². The van der Waals surface area contributed by atoms with Gasteiger partial charge in [0.1, 0.15) is 0 Å². The summed E-state index contributed by atoms with van der Waals surface area (Å²) in [5.41, 5.74) is 5.58. The Hall–Kier alpha value is -0.530. The maximum Gasteiger partial charge on any atom is 0.0940 e. The third kappa shape index (κ3) is 2.49. The topological polar surface area (TPSA) is 38.4 Å². The molecule has 0 aromatic carbocycles. The standard InChI is InChI=1S/C7H14N2/c1-2-3-7(8)9-6-4-5-6/h6H,2-5H2,1H3,(H2,8,9). The third-order valence-electron chi connectivity index (χ3n) is 1.40. The molecule has 2 heteroatoms. The van der Waals surface area contributed by atoms with Crippen LogP contribution in [0.25, 0.3) is 0 Å². The van der Waals surface area contributed by atoms with Crippen LogP contribution in [0.1, 0.15) is 32.6 Å². The summed E-state index contributed by atoms with van der Waals surface area (Å²) in [4.78, 5) is 4.27. The van der Waals surface area contributed by atoms with Crippen molar-refractivity contribution in [2.24, 2.45) is 10.7 Å². The molecule has 0 spiro atoms. The number of rotatable bonds is 3. The molecule has 9 heavy (non-hydrogen) atoms. The molecule has 1 rings (SSSR count). The van der Waals surface area contributed by atoms with E-state index in [2.05, 4.69) is 11.9 Å². The van der Waals surface area contributed by atoms with E-state index in [4.69, 9.17) is 5.73 Å². The zero-order valence-electron chi connectivity index (χ0n) is 5.93. The van der Waals surface area contributed by atoms with Crippen LogP contribution in [0.4, 0.5) is 0 Å². The van der Waals surface area contributed by atoms with Crippen molar-refractivity contribution in [1.29, 1.82) is 0 Å². The van der Waals surface area contributed by atoms with Crippen molar-refractivity contribution in [2.75, 3.05) is 0 Å². The summed E-state index contributed by atoms with van der Waals surface area (Å²) in [5, 5.41) is 0. The maximum atomic E-state index is 5.58. The molecule has 2 nitrogen and oxygen atoms in total. The first kappa shape index (κ1) is 6.59. The van der Waals surface area contributed by atoms with Crippen molar-refractivity contribution in [3.05, 3.63) is 0 Å². The van der Waals surface area contributed by atoms with Gasteiger partial charge in [-0.3, -0.25) is 4.99 Å². The molecular formula is C7H14N2. The Kier molecular flexibility index (Phi) is 2.09. The van der Waals surface area contributed by atoms with Crippen molar-refractivity contribution >= 4 is 5.84 Å². The molecule has 0 aliphatic heterocycles. The van der Waals surface area contributed by atoms with E-state index < -0.39 is 0 Å². The Balaban J connectivity index is 2.20. The number of amidine groups is 1. The first-order valence-corrected chi connectivity index (χ1v) is 3.65. The maximum absolute atomic E-state index is 5.58. The van der Waals surface area contributed by atoms with Crippen molar-refractivity contribution < 1.29 is 0 Å². The van der Waals surface area contributed by atoms with Crippen LogP contribution in [0.3, 0.4) is 0 Å². The van der Waals surface area contributed by atoms with E-state index in [0.717, 1.165) is 18.7 Å². The molecule has 1 aliphatic carbocycles. The highest BCUT2D eigenvalue weighted by molar-refractivity contribution is 5.80. The van der Waals surface area contributed by atoms with Crippen LogP contribution in [-0.4, -0.2) is 11.9 Å². The Morgan fingerprint density at radius 2 is 2.33 bits per heavy atom. The minimum absolute atomic E-state index is 0.594. The highest BCUT2D eigenvalue weighted by atomic mass is 14.9. The summed E-state index contributed by atoms with van der Waals surface area (Å²) in [6, 6.07) is 0.594. The lowest BCUT2D eigenvalue weighted by atomic mass is 10.3. The Morgan fingerprint density at radius 3 is 2.78 bits per heavy atom. The van der Waals surface area contributed by atoms with Crippen LogP contribution >= 0.6 is 0 Å². The fourth-order valence-electron chi connectivity index (χ4n) is 0.759. The van der Waals surface area contributed by atoms with Crippen LogP contribution in [0.15, 0.2) is 4.99 Å². The van der Waals surface area contributed by atoms with Gasteiger partial charge in [-0.25, -0.2) is 0 Å². The van der Waals surface area contributed by atoms with E-state index in [1.54, 1.807) is 0 Å². The fraction of sp³-hybridized carbons (Fsp3) is 0.857. The van der Waals surface area contributed by atoms with Gasteiger partial charge in [0.25, 0.3) is 0 Å². The lowest BCUT2D eigenvalue weighted by molar-refractivity contribution is 0.953. The molecule has 0 aromatic heterocycles. The van der Waals surface area contributed by atoms with Crippen molar-refractivity contribution in [3.8, 4) is 0 Å². The predicted octanol–water partition coefficient (Wildman–Crippen LogP) is 1.31. The molecule has 1 aliphatic rings. The average Bonchev–Trinajstić information content (AvgIpc) is 2.50. The zero-order valence-corrected chi connectivity index (χ0v) is 5.93. The number of nitrogens with two attached hydrogens (primary N) is 1. The number of aliphatic imine (C=N–C) groups is 1. The molecule has 0 unspecified atom stereocenters. The van der Waals surface area contributed by atoms with Crippen molar-refractivity contribution in [3.63, 3.8) is 0 Å². The van der Waals surface area contributed by atoms with Gasteiger partial charge in [-0.1, -0.05) is 6.92 Å². The highest BCUT2D eigenvalue weighted by Gasteiger charge is 2.19.